The average molecular weight is 387 g/mol. The topological polar surface area (TPSA) is 61.5 Å². The molecule has 1 aromatic carbocycles. The number of nitrogens with two attached hydrogens (primary N) is 1. The highest BCUT2D eigenvalue weighted by Gasteiger charge is 2.34. The van der Waals surface area contributed by atoms with Gasteiger partial charge in [-0.15, -0.1) is 0 Å². The Hall–Kier alpha value is -1.60. The second kappa shape index (κ2) is 9.06. The van der Waals surface area contributed by atoms with Crippen molar-refractivity contribution in [2.75, 3.05) is 13.2 Å². The summed E-state index contributed by atoms with van der Waals surface area (Å²) >= 11 is 0. The molecule has 2 rings (SSSR count). The van der Waals surface area contributed by atoms with E-state index in [0.717, 1.165) is 24.1 Å². The summed E-state index contributed by atoms with van der Waals surface area (Å²) in [7, 11) is 0. The Labute approximate surface area is 158 Å². The van der Waals surface area contributed by atoms with Crippen LogP contribution in [0.2, 0.25) is 0 Å². The fourth-order valence-electron chi connectivity index (χ4n) is 3.55. The lowest BCUT2D eigenvalue weighted by molar-refractivity contribution is -0.153. The molecule has 0 unspecified atom stereocenters. The van der Waals surface area contributed by atoms with Crippen LogP contribution in [0.5, 0.6) is 0 Å². The van der Waals surface area contributed by atoms with Crippen molar-refractivity contribution in [2.24, 2.45) is 23.5 Å². The Morgan fingerprint density at radius 1 is 1.19 bits per heavy atom. The molecule has 0 spiro atoms. The fourth-order valence-corrected chi connectivity index (χ4v) is 3.55. The van der Waals surface area contributed by atoms with E-state index >= 15 is 0 Å². The lowest BCUT2D eigenvalue weighted by Gasteiger charge is -2.32. The van der Waals surface area contributed by atoms with E-state index in [1.807, 2.05) is 6.92 Å². The Morgan fingerprint density at radius 2 is 1.81 bits per heavy atom. The highest BCUT2D eigenvalue weighted by Crippen LogP contribution is 2.32. The van der Waals surface area contributed by atoms with Crippen molar-refractivity contribution in [3.8, 4) is 0 Å². The Morgan fingerprint density at radius 3 is 2.37 bits per heavy atom. The van der Waals surface area contributed by atoms with Gasteiger partial charge < -0.3 is 15.2 Å². The molecule has 2 N–H and O–H groups in total. The van der Waals surface area contributed by atoms with Crippen LogP contribution in [-0.4, -0.2) is 31.3 Å². The minimum absolute atomic E-state index is 0.0113. The Bertz CT molecular complexity index is 616. The van der Waals surface area contributed by atoms with Crippen LogP contribution >= 0.6 is 0 Å². The molecule has 27 heavy (non-hydrogen) atoms. The van der Waals surface area contributed by atoms with Gasteiger partial charge in [-0.05, 0) is 49.3 Å². The Kier molecular flexibility index (Phi) is 7.28. The molecule has 4 nitrogen and oxygen atoms in total. The maximum Gasteiger partial charge on any atom is 0.416 e. The van der Waals surface area contributed by atoms with Crippen LogP contribution in [0.15, 0.2) is 24.3 Å². The summed E-state index contributed by atoms with van der Waals surface area (Å²) in [6.07, 6.45) is -3.32. The number of hydrogen-bond acceptors (Lipinski definition) is 4. The standard InChI is InChI=1S/C20H28F3NO3/c1-12(2)8-17-13(3)27-19(25)18(24)11-26-10-15(17)9-14-4-6-16(7-5-14)20(21,22)23/h4-7,12-13,15,17-18H,8-11,24H2,1-3H3/t13-,15-,17-,18-/m0/s1. The minimum Gasteiger partial charge on any atom is -0.461 e. The van der Waals surface area contributed by atoms with Gasteiger partial charge in [0, 0.05) is 5.92 Å². The summed E-state index contributed by atoms with van der Waals surface area (Å²) in [5.74, 6) is -0.0640. The van der Waals surface area contributed by atoms with Gasteiger partial charge in [0.15, 0.2) is 0 Å². The van der Waals surface area contributed by atoms with Crippen molar-refractivity contribution in [1.82, 2.24) is 0 Å². The molecule has 1 fully saturated rings. The van der Waals surface area contributed by atoms with Crippen LogP contribution in [0, 0.1) is 17.8 Å². The monoisotopic (exact) mass is 387 g/mol. The predicted octanol–water partition coefficient (Wildman–Crippen LogP) is 3.82. The highest BCUT2D eigenvalue weighted by molar-refractivity contribution is 5.75. The number of carbonyl (C=O) groups excluding carboxylic acids is 1. The van der Waals surface area contributed by atoms with E-state index in [4.69, 9.17) is 15.2 Å². The number of esters is 1. The predicted molar refractivity (Wildman–Crippen MR) is 95.9 cm³/mol. The zero-order valence-corrected chi connectivity index (χ0v) is 16.0. The number of cyclic esters (lactones) is 1. The first kappa shape index (κ1) is 21.7. The first-order valence-electron chi connectivity index (χ1n) is 9.28. The van der Waals surface area contributed by atoms with Gasteiger partial charge in [-0.2, -0.15) is 13.2 Å². The number of hydrogen-bond donors (Lipinski definition) is 1. The smallest absolute Gasteiger partial charge is 0.416 e. The number of ether oxygens (including phenoxy) is 2. The molecular weight excluding hydrogens is 359 g/mol. The van der Waals surface area contributed by atoms with Crippen molar-refractivity contribution in [3.05, 3.63) is 35.4 Å². The van der Waals surface area contributed by atoms with Crippen LogP contribution in [0.1, 0.15) is 38.3 Å². The minimum atomic E-state index is -4.35. The summed E-state index contributed by atoms with van der Waals surface area (Å²) in [5.41, 5.74) is 5.91. The van der Waals surface area contributed by atoms with Crippen molar-refractivity contribution in [2.45, 2.75) is 51.9 Å². The highest BCUT2D eigenvalue weighted by atomic mass is 19.4. The summed E-state index contributed by atoms with van der Waals surface area (Å²) in [6, 6.07) is 4.39. The molecule has 152 valence electrons. The lowest BCUT2D eigenvalue weighted by atomic mass is 9.79. The number of benzene rings is 1. The van der Waals surface area contributed by atoms with Crippen molar-refractivity contribution in [3.63, 3.8) is 0 Å². The maximum absolute atomic E-state index is 12.8. The molecule has 1 aliphatic heterocycles. The van der Waals surface area contributed by atoms with Gasteiger partial charge in [-0.3, -0.25) is 4.79 Å². The van der Waals surface area contributed by atoms with Crippen LogP contribution in [-0.2, 0) is 26.9 Å². The molecule has 0 aromatic heterocycles. The van der Waals surface area contributed by atoms with E-state index in [9.17, 15) is 18.0 Å². The first-order chi connectivity index (χ1) is 12.6. The van der Waals surface area contributed by atoms with Gasteiger partial charge in [-0.25, -0.2) is 0 Å². The quantitative estimate of drug-likeness (QED) is 0.798. The lowest BCUT2D eigenvalue weighted by Crippen LogP contribution is -2.38. The molecule has 4 atom stereocenters. The number of rotatable bonds is 4. The molecule has 0 bridgehead atoms. The van der Waals surface area contributed by atoms with E-state index < -0.39 is 23.8 Å². The molecule has 0 aliphatic carbocycles. The summed E-state index contributed by atoms with van der Waals surface area (Å²) in [6.45, 7) is 6.48. The van der Waals surface area contributed by atoms with Gasteiger partial charge in [0.2, 0.25) is 0 Å². The molecule has 1 aliphatic rings. The van der Waals surface area contributed by atoms with Gasteiger partial charge in [0.1, 0.15) is 12.1 Å². The van der Waals surface area contributed by atoms with E-state index in [-0.39, 0.29) is 24.5 Å². The van der Waals surface area contributed by atoms with E-state index in [1.54, 1.807) is 0 Å². The van der Waals surface area contributed by atoms with Crippen molar-refractivity contribution < 1.29 is 27.4 Å². The number of alkyl halides is 3. The largest absolute Gasteiger partial charge is 0.461 e. The molecule has 0 saturated carbocycles. The van der Waals surface area contributed by atoms with E-state index in [0.29, 0.717) is 18.9 Å². The summed E-state index contributed by atoms with van der Waals surface area (Å²) in [5, 5.41) is 0. The second-order valence-corrected chi connectivity index (χ2v) is 7.74. The third-order valence-electron chi connectivity index (χ3n) is 4.97. The van der Waals surface area contributed by atoms with E-state index in [1.165, 1.54) is 12.1 Å². The number of carbonyl (C=O) groups is 1. The average Bonchev–Trinajstić information content (AvgIpc) is 2.61. The van der Waals surface area contributed by atoms with Crippen molar-refractivity contribution in [1.29, 1.82) is 0 Å². The van der Waals surface area contributed by atoms with Gasteiger partial charge >= 0.3 is 12.1 Å². The fraction of sp³-hybridized carbons (Fsp3) is 0.650. The third-order valence-corrected chi connectivity index (χ3v) is 4.97. The van der Waals surface area contributed by atoms with Crippen LogP contribution in [0.3, 0.4) is 0 Å². The molecule has 7 heteroatoms. The Balaban J connectivity index is 2.21. The second-order valence-electron chi connectivity index (χ2n) is 7.74. The van der Waals surface area contributed by atoms with E-state index in [2.05, 4.69) is 13.8 Å². The zero-order valence-electron chi connectivity index (χ0n) is 16.0. The molecule has 0 radical (unpaired) electrons. The molecule has 0 amide bonds. The van der Waals surface area contributed by atoms with Crippen LogP contribution in [0.4, 0.5) is 13.2 Å². The molecule has 1 aromatic rings. The normalized spacial score (nSPS) is 27.6. The van der Waals surface area contributed by atoms with Gasteiger partial charge in [0.05, 0.1) is 18.8 Å². The third kappa shape index (κ3) is 6.21. The zero-order chi connectivity index (χ0) is 20.2. The molecule has 1 saturated heterocycles. The summed E-state index contributed by atoms with van der Waals surface area (Å²) < 4.78 is 49.5. The van der Waals surface area contributed by atoms with Crippen molar-refractivity contribution >= 4 is 5.97 Å². The first-order valence-corrected chi connectivity index (χ1v) is 9.28. The SMILES string of the molecule is CC(C)C[C@@H]1[C@@H](Cc2ccc(C(F)(F)F)cc2)COC[C@H](N)C(=O)O[C@H]1C. The van der Waals surface area contributed by atoms with Crippen LogP contribution < -0.4 is 5.73 Å². The summed E-state index contributed by atoms with van der Waals surface area (Å²) in [4.78, 5) is 12.0. The number of halogens is 3. The molecule has 1 heterocycles. The van der Waals surface area contributed by atoms with Gasteiger partial charge in [-0.1, -0.05) is 26.0 Å². The van der Waals surface area contributed by atoms with Gasteiger partial charge in [0.25, 0.3) is 0 Å². The van der Waals surface area contributed by atoms with Crippen LogP contribution in [0.25, 0.3) is 0 Å². The molecular formula is C20H28F3NO3. The maximum atomic E-state index is 12.8.